The molecular weight excluding hydrogens is 414 g/mol. The van der Waals surface area contributed by atoms with Crippen LogP contribution in [0.5, 0.6) is 0 Å². The van der Waals surface area contributed by atoms with Gasteiger partial charge in [-0.25, -0.2) is 0 Å². The minimum Gasteiger partial charge on any atom is -0.352 e. The Bertz CT molecular complexity index is 1110. The van der Waals surface area contributed by atoms with E-state index >= 15 is 0 Å². The lowest BCUT2D eigenvalue weighted by molar-refractivity contribution is -0.125. The van der Waals surface area contributed by atoms with Crippen LogP contribution in [0.15, 0.2) is 84.9 Å². The van der Waals surface area contributed by atoms with Gasteiger partial charge in [0.1, 0.15) is 6.04 Å². The molecule has 0 aliphatic carbocycles. The number of nitrogens with one attached hydrogen (secondary N) is 1. The zero-order valence-electron chi connectivity index (χ0n) is 18.8. The molecule has 6 heteroatoms. The van der Waals surface area contributed by atoms with Crippen molar-refractivity contribution in [1.29, 1.82) is 0 Å². The number of hydrogen-bond donors (Lipinski definition) is 1. The zero-order valence-corrected chi connectivity index (χ0v) is 18.8. The van der Waals surface area contributed by atoms with Gasteiger partial charge in [-0.05, 0) is 37.4 Å². The number of likely N-dealkylation sites (N-methyl/N-ethyl adjacent to an activating group) is 1. The summed E-state index contributed by atoms with van der Waals surface area (Å²) in [4.78, 5) is 42.9. The summed E-state index contributed by atoms with van der Waals surface area (Å²) in [5.41, 5.74) is 2.62. The van der Waals surface area contributed by atoms with Crippen molar-refractivity contribution in [2.45, 2.75) is 18.5 Å². The number of benzene rings is 3. The maximum absolute atomic E-state index is 13.5. The fourth-order valence-corrected chi connectivity index (χ4v) is 4.22. The van der Waals surface area contributed by atoms with Crippen LogP contribution in [0.3, 0.4) is 0 Å². The largest absolute Gasteiger partial charge is 0.352 e. The Morgan fingerprint density at radius 2 is 1.33 bits per heavy atom. The second-order valence-corrected chi connectivity index (χ2v) is 8.37. The van der Waals surface area contributed by atoms with Crippen LogP contribution in [-0.4, -0.2) is 54.2 Å². The van der Waals surface area contributed by atoms with Gasteiger partial charge in [0.05, 0.1) is 17.2 Å². The first-order valence-corrected chi connectivity index (χ1v) is 11.0. The first-order valence-electron chi connectivity index (χ1n) is 11.0. The zero-order chi connectivity index (χ0) is 23.4. The lowest BCUT2D eigenvalue weighted by atomic mass is 10.0. The third-order valence-corrected chi connectivity index (χ3v) is 5.99. The number of hydrogen-bond acceptors (Lipinski definition) is 4. The highest BCUT2D eigenvalue weighted by molar-refractivity contribution is 6.22. The molecular formula is C27H27N3O3. The minimum absolute atomic E-state index is 0.0466. The monoisotopic (exact) mass is 441 g/mol. The molecule has 168 valence electrons. The van der Waals surface area contributed by atoms with E-state index in [1.54, 1.807) is 24.3 Å². The van der Waals surface area contributed by atoms with Gasteiger partial charge in [0.2, 0.25) is 5.91 Å². The second kappa shape index (κ2) is 9.79. The van der Waals surface area contributed by atoms with Gasteiger partial charge in [0.15, 0.2) is 0 Å². The van der Waals surface area contributed by atoms with Crippen molar-refractivity contribution in [3.05, 3.63) is 107 Å². The molecule has 1 N–H and O–H groups in total. The Labute approximate surface area is 193 Å². The number of amides is 3. The van der Waals surface area contributed by atoms with E-state index in [0.717, 1.165) is 16.0 Å². The molecule has 6 nitrogen and oxygen atoms in total. The number of rotatable bonds is 8. The van der Waals surface area contributed by atoms with Gasteiger partial charge in [0, 0.05) is 13.0 Å². The molecule has 1 aliphatic rings. The van der Waals surface area contributed by atoms with Crippen molar-refractivity contribution in [3.8, 4) is 0 Å². The molecule has 3 amide bonds. The van der Waals surface area contributed by atoms with Gasteiger partial charge in [-0.1, -0.05) is 72.8 Å². The fraction of sp³-hybridized carbons (Fsp3) is 0.222. The van der Waals surface area contributed by atoms with Crippen LogP contribution in [0, 0.1) is 0 Å². The Balaban J connectivity index is 1.59. The van der Waals surface area contributed by atoms with Gasteiger partial charge >= 0.3 is 0 Å². The normalized spacial score (nSPS) is 14.8. The summed E-state index contributed by atoms with van der Waals surface area (Å²) in [7, 11) is 3.91. The number of imide groups is 1. The highest BCUT2D eigenvalue weighted by Gasteiger charge is 2.42. The molecule has 0 radical (unpaired) electrons. The molecule has 0 bridgehead atoms. The molecule has 1 aliphatic heterocycles. The van der Waals surface area contributed by atoms with Crippen LogP contribution >= 0.6 is 0 Å². The summed E-state index contributed by atoms with van der Waals surface area (Å²) in [6.07, 6.45) is 0.246. The molecule has 0 aromatic heterocycles. The van der Waals surface area contributed by atoms with Crippen LogP contribution in [-0.2, 0) is 11.2 Å². The van der Waals surface area contributed by atoms with E-state index in [9.17, 15) is 14.4 Å². The minimum atomic E-state index is -0.946. The molecule has 0 saturated carbocycles. The maximum atomic E-state index is 13.5. The van der Waals surface area contributed by atoms with E-state index in [2.05, 4.69) is 5.32 Å². The molecule has 0 spiro atoms. The molecule has 3 aromatic carbocycles. The summed E-state index contributed by atoms with van der Waals surface area (Å²) < 4.78 is 0. The molecule has 1 heterocycles. The van der Waals surface area contributed by atoms with Crippen molar-refractivity contribution in [2.24, 2.45) is 0 Å². The lowest BCUT2D eigenvalue weighted by Gasteiger charge is -2.29. The van der Waals surface area contributed by atoms with E-state index in [4.69, 9.17) is 0 Å². The first-order chi connectivity index (χ1) is 16.0. The lowest BCUT2D eigenvalue weighted by Crippen LogP contribution is -2.51. The summed E-state index contributed by atoms with van der Waals surface area (Å²) in [5.74, 6) is -1.21. The van der Waals surface area contributed by atoms with Crippen molar-refractivity contribution < 1.29 is 14.4 Å². The predicted octanol–water partition coefficient (Wildman–Crippen LogP) is 3.31. The Hall–Kier alpha value is -3.77. The van der Waals surface area contributed by atoms with Gasteiger partial charge in [-0.15, -0.1) is 0 Å². The van der Waals surface area contributed by atoms with Gasteiger partial charge in [-0.3, -0.25) is 19.3 Å². The topological polar surface area (TPSA) is 69.7 Å². The average Bonchev–Trinajstić information content (AvgIpc) is 3.09. The number of carbonyl (C=O) groups excluding carboxylic acids is 3. The predicted molar refractivity (Wildman–Crippen MR) is 127 cm³/mol. The highest BCUT2D eigenvalue weighted by atomic mass is 16.2. The van der Waals surface area contributed by atoms with E-state index in [1.165, 1.54) is 0 Å². The fourth-order valence-electron chi connectivity index (χ4n) is 4.22. The van der Waals surface area contributed by atoms with Crippen molar-refractivity contribution >= 4 is 17.7 Å². The van der Waals surface area contributed by atoms with Gasteiger partial charge in [0.25, 0.3) is 11.8 Å². The van der Waals surface area contributed by atoms with E-state index < -0.39 is 17.9 Å². The second-order valence-electron chi connectivity index (χ2n) is 8.37. The highest BCUT2D eigenvalue weighted by Crippen LogP contribution is 2.26. The number of nitrogens with zero attached hydrogens (tertiary/aromatic N) is 2. The Morgan fingerprint density at radius 3 is 1.88 bits per heavy atom. The standard InChI is InChI=1S/C27H27N3O3/c1-29(2)24(20-13-7-4-8-14-20)18-28-25(31)23(17-19-11-5-3-6-12-19)30-26(32)21-15-9-10-16-22(21)27(30)33/h3-16,23-24H,17-18H2,1-2H3,(H,28,31)/t23-,24?/m0/s1. The maximum Gasteiger partial charge on any atom is 0.262 e. The van der Waals surface area contributed by atoms with E-state index in [0.29, 0.717) is 17.7 Å². The van der Waals surface area contributed by atoms with E-state index in [1.807, 2.05) is 79.7 Å². The van der Waals surface area contributed by atoms with Crippen LogP contribution in [0.25, 0.3) is 0 Å². The van der Waals surface area contributed by atoms with Crippen molar-refractivity contribution in [2.75, 3.05) is 20.6 Å². The Kier molecular flexibility index (Phi) is 6.66. The van der Waals surface area contributed by atoms with Crippen LogP contribution in [0.1, 0.15) is 37.9 Å². The smallest absolute Gasteiger partial charge is 0.262 e. The molecule has 2 atom stereocenters. The van der Waals surface area contributed by atoms with Crippen LogP contribution in [0.4, 0.5) is 0 Å². The van der Waals surface area contributed by atoms with Crippen LogP contribution < -0.4 is 5.32 Å². The molecule has 3 aromatic rings. The average molecular weight is 442 g/mol. The third-order valence-electron chi connectivity index (χ3n) is 5.99. The molecule has 33 heavy (non-hydrogen) atoms. The summed E-state index contributed by atoms with van der Waals surface area (Å²) in [5, 5.41) is 3.00. The summed E-state index contributed by atoms with van der Waals surface area (Å²) in [6, 6.07) is 25.1. The summed E-state index contributed by atoms with van der Waals surface area (Å²) in [6.45, 7) is 0.351. The molecule has 0 fully saturated rings. The van der Waals surface area contributed by atoms with Gasteiger partial charge in [-0.2, -0.15) is 0 Å². The third kappa shape index (κ3) is 4.71. The van der Waals surface area contributed by atoms with Crippen LogP contribution in [0.2, 0.25) is 0 Å². The van der Waals surface area contributed by atoms with Crippen molar-refractivity contribution in [1.82, 2.24) is 15.1 Å². The van der Waals surface area contributed by atoms with Gasteiger partial charge < -0.3 is 10.2 Å². The number of carbonyl (C=O) groups is 3. The first kappa shape index (κ1) is 22.4. The molecule has 0 saturated heterocycles. The Morgan fingerprint density at radius 1 is 0.818 bits per heavy atom. The molecule has 4 rings (SSSR count). The van der Waals surface area contributed by atoms with Crippen molar-refractivity contribution in [3.63, 3.8) is 0 Å². The summed E-state index contributed by atoms with van der Waals surface area (Å²) >= 11 is 0. The number of fused-ring (bicyclic) bond motifs is 1. The van der Waals surface area contributed by atoms with E-state index in [-0.39, 0.29) is 18.4 Å². The molecule has 1 unspecified atom stereocenters. The quantitative estimate of drug-likeness (QED) is 0.545. The SMILES string of the molecule is CN(C)C(CNC(=O)[C@H](Cc1ccccc1)N1C(=O)c2ccccc2C1=O)c1ccccc1.